The minimum atomic E-state index is -0.105. The summed E-state index contributed by atoms with van der Waals surface area (Å²) < 4.78 is 15.9. The van der Waals surface area contributed by atoms with Gasteiger partial charge in [0.1, 0.15) is 5.82 Å². The van der Waals surface area contributed by atoms with Crippen molar-refractivity contribution in [2.45, 2.75) is 78.1 Å². The van der Waals surface area contributed by atoms with E-state index in [0.29, 0.717) is 11.5 Å². The fourth-order valence-electron chi connectivity index (χ4n) is 12.4. The molecule has 0 N–H and O–H groups in total. The van der Waals surface area contributed by atoms with Gasteiger partial charge >= 0.3 is 0 Å². The molecular formula is C78H65N5OPt-2. The maximum atomic E-state index is 6.90. The molecule has 10 aromatic carbocycles. The van der Waals surface area contributed by atoms with E-state index in [4.69, 9.17) is 9.72 Å². The predicted octanol–water partition coefficient (Wildman–Crippen LogP) is 19.1. The second-order valence-corrected chi connectivity index (χ2v) is 25.1. The van der Waals surface area contributed by atoms with Crippen molar-refractivity contribution in [3.63, 3.8) is 0 Å². The number of imidazole rings is 1. The standard InChI is InChI=1S/C78H65N5O.Pt/c1-76(2,3)56-44-54(45-57(46-56)77(4,5)6)63-32-22-31-62(53-23-11-9-12-24-53)75(63)81-51-80(71-35-19-20-36-72(71)81)58-27-21-28-60(47-58)84-61-38-39-66-67-48-59(82-68-33-17-15-29-64(68)65-30-16-18-34-69(65)82)37-40-70(67)83(73(66)49-61)74-43-52(41-42-79-74)50-78(7,8)55-25-13-10-14-26-55;/h9-46,48H,50H2,1-8H3;/q-2;. The number of nitrogens with zero attached hydrogens (tertiary/aromatic N) is 5. The largest absolute Gasteiger partial charge is 0.510 e. The van der Waals surface area contributed by atoms with Gasteiger partial charge in [0.25, 0.3) is 6.33 Å². The van der Waals surface area contributed by atoms with Crippen molar-refractivity contribution in [3.8, 4) is 56.6 Å². The summed E-state index contributed by atoms with van der Waals surface area (Å²) in [5.74, 6) is 1.94. The van der Waals surface area contributed by atoms with Gasteiger partial charge in [0.2, 0.25) is 0 Å². The van der Waals surface area contributed by atoms with E-state index in [1.54, 1.807) is 0 Å². The van der Waals surface area contributed by atoms with Crippen molar-refractivity contribution in [2.75, 3.05) is 0 Å². The molecule has 0 fully saturated rings. The number of pyridine rings is 1. The average molecular weight is 1280 g/mol. The van der Waals surface area contributed by atoms with Crippen LogP contribution in [0.4, 0.5) is 0 Å². The minimum Gasteiger partial charge on any atom is -0.510 e. The molecule has 0 spiro atoms. The molecule has 85 heavy (non-hydrogen) atoms. The predicted molar refractivity (Wildman–Crippen MR) is 346 cm³/mol. The Morgan fingerprint density at radius 3 is 1.75 bits per heavy atom. The molecule has 420 valence electrons. The number of rotatable bonds is 11. The number of fused-ring (bicyclic) bond motifs is 7. The van der Waals surface area contributed by atoms with Crippen molar-refractivity contribution < 1.29 is 30.4 Å². The first-order chi connectivity index (χ1) is 40.6. The Labute approximate surface area is 512 Å². The quantitative estimate of drug-likeness (QED) is 0.0956. The van der Waals surface area contributed by atoms with Crippen LogP contribution >= 0.6 is 0 Å². The summed E-state index contributed by atoms with van der Waals surface area (Å²) in [5, 5.41) is 4.59. The number of ether oxygens (including phenoxy) is 1. The van der Waals surface area contributed by atoms with Crippen LogP contribution in [0.3, 0.4) is 0 Å². The van der Waals surface area contributed by atoms with Gasteiger partial charge < -0.3 is 18.4 Å². The van der Waals surface area contributed by atoms with Crippen molar-refractivity contribution in [2.24, 2.45) is 0 Å². The Kier molecular flexibility index (Phi) is 14.0. The van der Waals surface area contributed by atoms with Crippen molar-refractivity contribution >= 4 is 54.6 Å². The molecule has 14 rings (SSSR count). The summed E-state index contributed by atoms with van der Waals surface area (Å²) >= 11 is 0. The molecule has 0 amide bonds. The summed E-state index contributed by atoms with van der Waals surface area (Å²) in [5.41, 5.74) is 18.6. The zero-order chi connectivity index (χ0) is 57.5. The van der Waals surface area contributed by atoms with Crippen LogP contribution < -0.4 is 9.30 Å². The van der Waals surface area contributed by atoms with Gasteiger partial charge in [-0.2, -0.15) is 18.2 Å². The fraction of sp³-hybridized carbons (Fsp3) is 0.154. The molecule has 4 heterocycles. The average Bonchev–Trinajstić information content (AvgIpc) is 1.84. The first kappa shape index (κ1) is 55.1. The van der Waals surface area contributed by atoms with Crippen molar-refractivity contribution in [1.29, 1.82) is 0 Å². The van der Waals surface area contributed by atoms with E-state index in [0.717, 1.165) is 89.9 Å². The topological polar surface area (TPSA) is 40.8 Å². The molecule has 0 unspecified atom stereocenters. The first-order valence-electron chi connectivity index (χ1n) is 29.2. The summed E-state index contributed by atoms with van der Waals surface area (Å²) in [6.07, 6.45) is 6.66. The smallest absolute Gasteiger partial charge is 0.268 e. The Hall–Kier alpha value is -9.09. The molecular weight excluding hydrogens is 1220 g/mol. The van der Waals surface area contributed by atoms with Crippen LogP contribution in [0.2, 0.25) is 0 Å². The number of aromatic nitrogens is 5. The van der Waals surface area contributed by atoms with Crippen LogP contribution in [-0.2, 0) is 43.7 Å². The van der Waals surface area contributed by atoms with E-state index < -0.39 is 0 Å². The van der Waals surface area contributed by atoms with Gasteiger partial charge in [-0.1, -0.05) is 219 Å². The molecule has 6 nitrogen and oxygen atoms in total. The van der Waals surface area contributed by atoms with E-state index in [1.807, 2.05) is 24.4 Å². The van der Waals surface area contributed by atoms with Gasteiger partial charge in [-0.05, 0) is 121 Å². The summed E-state index contributed by atoms with van der Waals surface area (Å²) in [4.78, 5) is 5.10. The molecule has 0 bridgehead atoms. The Morgan fingerprint density at radius 2 is 1.06 bits per heavy atom. The SMILES string of the molecule is CC(C)(C)c1cc(-c2cccc(-c3ccccc3)c2-[n+]2[c-]n(-c3[c-]c(Oc4[c-]c5c(cc4)c4cc(-n6c7ccccc7c7ccccc76)ccc4n5-c4cc(CC(C)(C)c5ccccc5)ccn4)ccc3)c3ccccc32)cc(C(C)(C)C)c1.[Pt]. The van der Waals surface area contributed by atoms with Crippen molar-refractivity contribution in [1.82, 2.24) is 18.7 Å². The number of benzene rings is 10. The van der Waals surface area contributed by atoms with E-state index in [2.05, 4.69) is 304 Å². The van der Waals surface area contributed by atoms with Gasteiger partial charge in [-0.3, -0.25) is 4.57 Å². The summed E-state index contributed by atoms with van der Waals surface area (Å²) in [6.45, 7) is 18.4. The van der Waals surface area contributed by atoms with Crippen LogP contribution in [0, 0.1) is 18.5 Å². The van der Waals surface area contributed by atoms with Gasteiger partial charge in [-0.15, -0.1) is 29.7 Å². The number of para-hydroxylation sites is 5. The van der Waals surface area contributed by atoms with Gasteiger partial charge in [0.15, 0.2) is 0 Å². The van der Waals surface area contributed by atoms with Crippen LogP contribution in [0.5, 0.6) is 11.5 Å². The van der Waals surface area contributed by atoms with Crippen molar-refractivity contribution in [3.05, 3.63) is 277 Å². The molecule has 0 aliphatic carbocycles. The normalized spacial score (nSPS) is 12.2. The number of hydrogen-bond donors (Lipinski definition) is 0. The second-order valence-electron chi connectivity index (χ2n) is 25.1. The maximum absolute atomic E-state index is 6.90. The zero-order valence-electron chi connectivity index (χ0n) is 49.2. The van der Waals surface area contributed by atoms with Crippen LogP contribution in [0.25, 0.3) is 99.8 Å². The van der Waals surface area contributed by atoms with E-state index in [9.17, 15) is 0 Å². The van der Waals surface area contributed by atoms with Crippen LogP contribution in [0.15, 0.2) is 237 Å². The van der Waals surface area contributed by atoms with Crippen LogP contribution in [-0.4, -0.2) is 18.7 Å². The molecule has 0 atom stereocenters. The molecule has 0 aliphatic heterocycles. The van der Waals surface area contributed by atoms with Gasteiger partial charge in [0.05, 0.1) is 27.8 Å². The molecule has 7 heteroatoms. The summed E-state index contributed by atoms with van der Waals surface area (Å²) in [6, 6.07) is 90.1. The maximum Gasteiger partial charge on any atom is 0.268 e. The fourth-order valence-corrected chi connectivity index (χ4v) is 12.4. The van der Waals surface area contributed by atoms with E-state index >= 15 is 0 Å². The molecule has 0 saturated carbocycles. The molecule has 0 aliphatic rings. The summed E-state index contributed by atoms with van der Waals surface area (Å²) in [7, 11) is 0. The molecule has 4 aromatic heterocycles. The first-order valence-corrected chi connectivity index (χ1v) is 29.2. The third-order valence-corrected chi connectivity index (χ3v) is 16.8. The number of hydrogen-bond acceptors (Lipinski definition) is 2. The van der Waals surface area contributed by atoms with Gasteiger partial charge in [-0.25, -0.2) is 4.98 Å². The van der Waals surface area contributed by atoms with E-state index in [-0.39, 0.29) is 37.3 Å². The monoisotopic (exact) mass is 1280 g/mol. The third kappa shape index (κ3) is 10.1. The van der Waals surface area contributed by atoms with Gasteiger partial charge in [0, 0.05) is 60.7 Å². The van der Waals surface area contributed by atoms with Crippen LogP contribution in [0.1, 0.15) is 77.6 Å². The minimum absolute atomic E-state index is 0. The Balaban J connectivity index is 0.00000672. The zero-order valence-corrected chi connectivity index (χ0v) is 51.5. The second kappa shape index (κ2) is 21.5. The third-order valence-electron chi connectivity index (χ3n) is 16.8. The molecule has 0 saturated heterocycles. The molecule has 0 radical (unpaired) electrons. The molecule has 14 aromatic rings. The Bertz CT molecular complexity index is 4750. The Morgan fingerprint density at radius 1 is 0.459 bits per heavy atom. The van der Waals surface area contributed by atoms with E-state index in [1.165, 1.54) is 38.6 Å².